The smallest absolute Gasteiger partial charge is 0.222 e. The molecule has 16 heavy (non-hydrogen) atoms. The lowest BCUT2D eigenvalue weighted by Gasteiger charge is -2.30. The summed E-state index contributed by atoms with van der Waals surface area (Å²) in [4.78, 5) is 0. The number of alkyl halides is 6. The molecular weight excluding hydrogens is 241 g/mol. The van der Waals surface area contributed by atoms with Gasteiger partial charge in [0, 0.05) is 5.92 Å². The first-order valence-electron chi connectivity index (χ1n) is 3.89. The van der Waals surface area contributed by atoms with Gasteiger partial charge in [0.15, 0.2) is 0 Å². The summed E-state index contributed by atoms with van der Waals surface area (Å²) in [6.45, 7) is 0. The predicted molar refractivity (Wildman–Crippen MR) is 40.9 cm³/mol. The standard InChI is InChI=1S/C9H4F7/c10-6-3-1-2-5(4-6)7(8(11,12)13)9(14,15)16/h1-4H/q-1. The van der Waals surface area contributed by atoms with Gasteiger partial charge in [-0.3, -0.25) is 0 Å². The Hall–Kier alpha value is -1.40. The van der Waals surface area contributed by atoms with Crippen LogP contribution in [0.15, 0.2) is 24.3 Å². The summed E-state index contributed by atoms with van der Waals surface area (Å²) >= 11 is 0. The molecule has 0 unspecified atom stereocenters. The van der Waals surface area contributed by atoms with Crippen molar-refractivity contribution in [3.8, 4) is 0 Å². The van der Waals surface area contributed by atoms with Crippen LogP contribution < -0.4 is 0 Å². The maximum absolute atomic E-state index is 12.6. The minimum atomic E-state index is -5.58. The highest BCUT2D eigenvalue weighted by atomic mass is 19.4. The molecule has 0 amide bonds. The van der Waals surface area contributed by atoms with Crippen LogP contribution in [0.5, 0.6) is 0 Å². The van der Waals surface area contributed by atoms with Gasteiger partial charge in [-0.05, 0) is 0 Å². The fourth-order valence-corrected chi connectivity index (χ4v) is 1.13. The molecule has 90 valence electrons. The minimum Gasteiger partial charge on any atom is -0.222 e. The van der Waals surface area contributed by atoms with Gasteiger partial charge >= 0.3 is 12.4 Å². The molecule has 1 aromatic carbocycles. The monoisotopic (exact) mass is 245 g/mol. The first kappa shape index (κ1) is 12.7. The molecule has 0 atom stereocenters. The van der Waals surface area contributed by atoms with Gasteiger partial charge in [-0.25, -0.2) is 4.39 Å². The van der Waals surface area contributed by atoms with Gasteiger partial charge in [0.25, 0.3) is 0 Å². The van der Waals surface area contributed by atoms with Crippen molar-refractivity contribution in [2.75, 3.05) is 0 Å². The Morgan fingerprint density at radius 3 is 1.75 bits per heavy atom. The van der Waals surface area contributed by atoms with E-state index in [9.17, 15) is 30.7 Å². The van der Waals surface area contributed by atoms with Crippen molar-refractivity contribution in [2.24, 2.45) is 0 Å². The van der Waals surface area contributed by atoms with Crippen molar-refractivity contribution in [3.63, 3.8) is 0 Å². The molecule has 0 saturated heterocycles. The van der Waals surface area contributed by atoms with Gasteiger partial charge in [-0.2, -0.15) is 38.0 Å². The molecule has 0 radical (unpaired) electrons. The van der Waals surface area contributed by atoms with Gasteiger partial charge in [-0.1, -0.05) is 6.07 Å². The van der Waals surface area contributed by atoms with Crippen LogP contribution in [0.1, 0.15) is 5.56 Å². The molecule has 0 bridgehead atoms. The highest BCUT2D eigenvalue weighted by molar-refractivity contribution is 5.36. The largest absolute Gasteiger partial charge is 0.375 e. The lowest BCUT2D eigenvalue weighted by Crippen LogP contribution is -2.35. The average Bonchev–Trinajstić information content (AvgIpc) is 1.97. The molecule has 1 rings (SSSR count). The van der Waals surface area contributed by atoms with Crippen LogP contribution in [0.25, 0.3) is 0 Å². The number of rotatable bonds is 1. The molecule has 0 N–H and O–H groups in total. The molecule has 0 saturated carbocycles. The molecule has 0 nitrogen and oxygen atoms in total. The third-order valence-electron chi connectivity index (χ3n) is 1.68. The van der Waals surface area contributed by atoms with Crippen molar-refractivity contribution in [1.82, 2.24) is 0 Å². The first-order valence-corrected chi connectivity index (χ1v) is 3.89. The van der Waals surface area contributed by atoms with E-state index in [1.54, 1.807) is 0 Å². The molecule has 0 aliphatic carbocycles. The van der Waals surface area contributed by atoms with Crippen LogP contribution in [0, 0.1) is 11.7 Å². The van der Waals surface area contributed by atoms with Crippen LogP contribution in [0.2, 0.25) is 0 Å². The van der Waals surface area contributed by atoms with Crippen LogP contribution >= 0.6 is 0 Å². The van der Waals surface area contributed by atoms with Crippen molar-refractivity contribution in [2.45, 2.75) is 12.4 Å². The maximum atomic E-state index is 12.6. The molecule has 0 aliphatic rings. The van der Waals surface area contributed by atoms with Gasteiger partial charge in [0.1, 0.15) is 0 Å². The predicted octanol–water partition coefficient (Wildman–Crippen LogP) is 3.87. The molecule has 0 aliphatic heterocycles. The SMILES string of the molecule is Fc1cccc([C-](C(F)(F)F)C(F)(F)F)c1. The molecule has 0 fully saturated rings. The summed E-state index contributed by atoms with van der Waals surface area (Å²) in [5.41, 5.74) is -1.24. The van der Waals surface area contributed by atoms with E-state index in [0.29, 0.717) is 6.07 Å². The first-order chi connectivity index (χ1) is 7.12. The maximum Gasteiger partial charge on any atom is 0.375 e. The molecule has 0 heterocycles. The van der Waals surface area contributed by atoms with E-state index in [1.165, 1.54) is 0 Å². The zero-order valence-electron chi connectivity index (χ0n) is 7.46. The van der Waals surface area contributed by atoms with Crippen LogP contribution in [-0.4, -0.2) is 12.4 Å². The average molecular weight is 245 g/mol. The Kier molecular flexibility index (Phi) is 3.07. The summed E-state index contributed by atoms with van der Waals surface area (Å²) in [6, 6.07) is 2.28. The van der Waals surface area contributed by atoms with Crippen molar-refractivity contribution < 1.29 is 30.7 Å². The second-order valence-corrected chi connectivity index (χ2v) is 2.88. The van der Waals surface area contributed by atoms with E-state index in [0.717, 1.165) is 12.1 Å². The minimum absolute atomic E-state index is 0.191. The second kappa shape index (κ2) is 3.88. The lowest BCUT2D eigenvalue weighted by molar-refractivity contribution is -0.197. The number of halogens is 7. The van der Waals surface area contributed by atoms with Gasteiger partial charge in [0.2, 0.25) is 0 Å². The summed E-state index contributed by atoms with van der Waals surface area (Å²) in [7, 11) is 0. The Morgan fingerprint density at radius 1 is 0.875 bits per heavy atom. The van der Waals surface area contributed by atoms with E-state index < -0.39 is 29.7 Å². The summed E-state index contributed by atoms with van der Waals surface area (Å²) < 4.78 is 85.5. The Labute approximate surface area is 85.7 Å². The summed E-state index contributed by atoms with van der Waals surface area (Å²) in [5.74, 6) is -3.87. The summed E-state index contributed by atoms with van der Waals surface area (Å²) in [6.07, 6.45) is -11.2. The normalized spacial score (nSPS) is 12.7. The fraction of sp³-hybridized carbons (Fsp3) is 0.222. The number of benzene rings is 1. The molecule has 7 heteroatoms. The Balaban J connectivity index is 3.23. The molecule has 0 aromatic heterocycles. The Morgan fingerprint density at radius 2 is 1.38 bits per heavy atom. The highest BCUT2D eigenvalue weighted by Crippen LogP contribution is 2.45. The highest BCUT2D eigenvalue weighted by Gasteiger charge is 2.51. The quantitative estimate of drug-likeness (QED) is 0.520. The zero-order chi connectivity index (χ0) is 12.6. The van der Waals surface area contributed by atoms with Gasteiger partial charge in [-0.15, -0.1) is 12.1 Å². The van der Waals surface area contributed by atoms with Crippen LogP contribution in [-0.2, 0) is 0 Å². The Bertz CT molecular complexity index is 349. The molecule has 0 spiro atoms. The van der Waals surface area contributed by atoms with E-state index in [4.69, 9.17) is 0 Å². The van der Waals surface area contributed by atoms with E-state index >= 15 is 0 Å². The van der Waals surface area contributed by atoms with E-state index in [1.807, 2.05) is 0 Å². The topological polar surface area (TPSA) is 0 Å². The van der Waals surface area contributed by atoms with Crippen molar-refractivity contribution in [1.29, 1.82) is 0 Å². The van der Waals surface area contributed by atoms with E-state index in [2.05, 4.69) is 0 Å². The third-order valence-corrected chi connectivity index (χ3v) is 1.68. The fourth-order valence-electron chi connectivity index (χ4n) is 1.13. The zero-order valence-corrected chi connectivity index (χ0v) is 7.46. The van der Waals surface area contributed by atoms with Crippen LogP contribution in [0.3, 0.4) is 0 Å². The number of hydrogen-bond donors (Lipinski definition) is 0. The van der Waals surface area contributed by atoms with Gasteiger partial charge < -0.3 is 0 Å². The molecule has 1 aromatic rings. The second-order valence-electron chi connectivity index (χ2n) is 2.88. The third kappa shape index (κ3) is 2.80. The molecular formula is C9H4F7-. The van der Waals surface area contributed by atoms with Crippen LogP contribution in [0.4, 0.5) is 30.7 Å². The van der Waals surface area contributed by atoms with Crippen molar-refractivity contribution >= 4 is 0 Å². The van der Waals surface area contributed by atoms with Gasteiger partial charge in [0.05, 0.1) is 5.82 Å². The number of hydrogen-bond acceptors (Lipinski definition) is 0. The lowest BCUT2D eigenvalue weighted by atomic mass is 9.98. The van der Waals surface area contributed by atoms with Crippen molar-refractivity contribution in [3.05, 3.63) is 41.6 Å². The summed E-state index contributed by atoms with van der Waals surface area (Å²) in [5, 5.41) is 0. The van der Waals surface area contributed by atoms with E-state index in [-0.39, 0.29) is 6.07 Å².